The number of aromatic amines is 1. The van der Waals surface area contributed by atoms with Gasteiger partial charge in [0.2, 0.25) is 11.1 Å². The van der Waals surface area contributed by atoms with E-state index in [1.807, 2.05) is 0 Å². The zero-order valence-corrected chi connectivity index (χ0v) is 16.7. The van der Waals surface area contributed by atoms with Crippen molar-refractivity contribution in [3.05, 3.63) is 64.5 Å². The lowest BCUT2D eigenvalue weighted by molar-refractivity contribution is -0.142. The van der Waals surface area contributed by atoms with Gasteiger partial charge in [-0.1, -0.05) is 6.07 Å². The summed E-state index contributed by atoms with van der Waals surface area (Å²) in [6, 6.07) is 4.51. The van der Waals surface area contributed by atoms with Gasteiger partial charge in [0.25, 0.3) is 5.91 Å². The van der Waals surface area contributed by atoms with Crippen LogP contribution in [0.3, 0.4) is 0 Å². The van der Waals surface area contributed by atoms with E-state index in [1.54, 1.807) is 0 Å². The molecule has 0 saturated heterocycles. The average molecular weight is 451 g/mol. The monoisotopic (exact) mass is 450 g/mol. The summed E-state index contributed by atoms with van der Waals surface area (Å²) in [5.74, 6) is -0.470. The van der Waals surface area contributed by atoms with Crippen LogP contribution >= 0.6 is 11.6 Å². The molecule has 4 aromatic heterocycles. The summed E-state index contributed by atoms with van der Waals surface area (Å²) in [7, 11) is 1.53. The lowest BCUT2D eigenvalue weighted by Crippen LogP contribution is -2.42. The second-order valence-corrected chi connectivity index (χ2v) is 7.40. The fourth-order valence-corrected chi connectivity index (χ4v) is 4.04. The van der Waals surface area contributed by atoms with Crippen LogP contribution < -0.4 is 0 Å². The number of aryl methyl sites for hydroxylation is 1. The molecule has 0 aliphatic carbocycles. The SMILES string of the molecule is Cn1nc(Cl)nc1C(=O)N1CCc2[nH]cnc2[C@@H]1c1cc2cccc(C(F)(F)F)n2n1. The minimum Gasteiger partial charge on any atom is -0.348 e. The van der Waals surface area contributed by atoms with Gasteiger partial charge in [0.05, 0.1) is 23.2 Å². The first kappa shape index (κ1) is 19.5. The topological polar surface area (TPSA) is 97.0 Å². The molecule has 0 radical (unpaired) electrons. The van der Waals surface area contributed by atoms with Gasteiger partial charge in [-0.15, -0.1) is 5.10 Å². The van der Waals surface area contributed by atoms with Gasteiger partial charge in [-0.3, -0.25) is 4.79 Å². The molecule has 9 nitrogen and oxygen atoms in total. The van der Waals surface area contributed by atoms with Gasteiger partial charge in [-0.2, -0.15) is 23.3 Å². The number of carbonyl (C=O) groups is 1. The Morgan fingerprint density at radius 1 is 1.29 bits per heavy atom. The molecular formula is C18H14ClF3N8O. The van der Waals surface area contributed by atoms with E-state index in [-0.39, 0.29) is 28.9 Å². The minimum absolute atomic E-state index is 0.00808. The van der Waals surface area contributed by atoms with Gasteiger partial charge in [0.1, 0.15) is 11.7 Å². The summed E-state index contributed by atoms with van der Waals surface area (Å²) in [6.07, 6.45) is -2.61. The van der Waals surface area contributed by atoms with E-state index in [0.717, 1.165) is 16.3 Å². The highest BCUT2D eigenvalue weighted by Crippen LogP contribution is 2.36. The Balaban J connectivity index is 1.66. The van der Waals surface area contributed by atoms with Crippen LogP contribution in [0.4, 0.5) is 13.2 Å². The fourth-order valence-electron chi connectivity index (χ4n) is 3.85. The molecule has 1 N–H and O–H groups in total. The molecule has 1 atom stereocenters. The molecule has 0 aromatic carbocycles. The molecule has 5 rings (SSSR count). The lowest BCUT2D eigenvalue weighted by atomic mass is 9.99. The maximum Gasteiger partial charge on any atom is 0.433 e. The Bertz CT molecular complexity index is 1310. The quantitative estimate of drug-likeness (QED) is 0.506. The third kappa shape index (κ3) is 3.14. The van der Waals surface area contributed by atoms with Crippen molar-refractivity contribution in [1.82, 2.24) is 39.2 Å². The Hall–Kier alpha value is -3.41. The number of carbonyl (C=O) groups excluding carboxylic acids is 1. The maximum absolute atomic E-state index is 13.5. The van der Waals surface area contributed by atoms with E-state index in [1.165, 1.54) is 41.2 Å². The zero-order chi connectivity index (χ0) is 21.9. The number of rotatable bonds is 2. The highest BCUT2D eigenvalue weighted by atomic mass is 35.5. The molecule has 31 heavy (non-hydrogen) atoms. The molecule has 1 aliphatic heterocycles. The van der Waals surface area contributed by atoms with Crippen molar-refractivity contribution in [3.8, 4) is 0 Å². The number of halogens is 4. The number of nitrogens with zero attached hydrogens (tertiary/aromatic N) is 7. The minimum atomic E-state index is -4.59. The molecule has 0 fully saturated rings. The second-order valence-electron chi connectivity index (χ2n) is 7.06. The third-order valence-corrected chi connectivity index (χ3v) is 5.35. The summed E-state index contributed by atoms with van der Waals surface area (Å²) in [6.45, 7) is 0.281. The van der Waals surface area contributed by atoms with E-state index < -0.39 is 23.8 Å². The largest absolute Gasteiger partial charge is 0.433 e. The lowest BCUT2D eigenvalue weighted by Gasteiger charge is -2.33. The molecule has 1 aliphatic rings. The number of pyridine rings is 1. The van der Waals surface area contributed by atoms with E-state index in [9.17, 15) is 18.0 Å². The first-order valence-corrected chi connectivity index (χ1v) is 9.57. The summed E-state index contributed by atoms with van der Waals surface area (Å²) >= 11 is 5.83. The second kappa shape index (κ2) is 6.80. The van der Waals surface area contributed by atoms with Crippen molar-refractivity contribution in [2.45, 2.75) is 18.6 Å². The number of amides is 1. The van der Waals surface area contributed by atoms with Crippen LogP contribution in [0.25, 0.3) is 5.52 Å². The summed E-state index contributed by atoms with van der Waals surface area (Å²) in [5, 5.41) is 8.02. The summed E-state index contributed by atoms with van der Waals surface area (Å²) in [4.78, 5) is 26.1. The molecule has 13 heteroatoms. The van der Waals surface area contributed by atoms with E-state index in [4.69, 9.17) is 11.6 Å². The molecule has 1 amide bonds. The highest BCUT2D eigenvalue weighted by Gasteiger charge is 2.39. The van der Waals surface area contributed by atoms with Gasteiger partial charge in [0.15, 0.2) is 0 Å². The Kier molecular flexibility index (Phi) is 4.29. The van der Waals surface area contributed by atoms with Crippen molar-refractivity contribution in [2.75, 3.05) is 6.54 Å². The van der Waals surface area contributed by atoms with Gasteiger partial charge in [-0.25, -0.2) is 14.2 Å². The van der Waals surface area contributed by atoms with Crippen LogP contribution in [0.2, 0.25) is 5.28 Å². The Morgan fingerprint density at radius 3 is 2.81 bits per heavy atom. The average Bonchev–Trinajstić information content (AvgIpc) is 3.42. The van der Waals surface area contributed by atoms with E-state index >= 15 is 0 Å². The van der Waals surface area contributed by atoms with Crippen LogP contribution in [0.5, 0.6) is 0 Å². The zero-order valence-electron chi connectivity index (χ0n) is 15.9. The van der Waals surface area contributed by atoms with Crippen molar-refractivity contribution >= 4 is 23.0 Å². The molecule has 160 valence electrons. The van der Waals surface area contributed by atoms with E-state index in [2.05, 4.69) is 25.1 Å². The number of nitrogens with one attached hydrogen (secondary N) is 1. The number of alkyl halides is 3. The fraction of sp³-hybridized carbons (Fsp3) is 0.278. The summed E-state index contributed by atoms with van der Waals surface area (Å²) < 4.78 is 42.5. The number of imidazole rings is 1. The van der Waals surface area contributed by atoms with Gasteiger partial charge >= 0.3 is 6.18 Å². The van der Waals surface area contributed by atoms with Crippen molar-refractivity contribution in [1.29, 1.82) is 0 Å². The third-order valence-electron chi connectivity index (χ3n) is 5.19. The van der Waals surface area contributed by atoms with Crippen LogP contribution in [0.15, 0.2) is 30.6 Å². The standard InChI is InChI=1S/C18H14ClF3N8O/c1-28-15(25-17(19)27-28)16(31)29-6-5-10-13(24-8-23-10)14(29)11-7-9-3-2-4-12(18(20,21)22)30(9)26-11/h2-4,7-8,14H,5-6H2,1H3,(H,23,24)/t14-/m0/s1. The number of fused-ring (bicyclic) bond motifs is 2. The van der Waals surface area contributed by atoms with Crippen molar-refractivity contribution in [3.63, 3.8) is 0 Å². The van der Waals surface area contributed by atoms with Gasteiger partial charge < -0.3 is 9.88 Å². The summed E-state index contributed by atoms with van der Waals surface area (Å²) in [5.41, 5.74) is 0.906. The van der Waals surface area contributed by atoms with Crippen LogP contribution in [0.1, 0.15) is 39.4 Å². The maximum atomic E-state index is 13.5. The van der Waals surface area contributed by atoms with E-state index in [0.29, 0.717) is 12.1 Å². The number of aromatic nitrogens is 7. The predicted molar refractivity (Wildman–Crippen MR) is 101 cm³/mol. The molecule has 5 heterocycles. The van der Waals surface area contributed by atoms with Gasteiger partial charge in [-0.05, 0) is 29.8 Å². The molecule has 0 bridgehead atoms. The van der Waals surface area contributed by atoms with Crippen molar-refractivity contribution < 1.29 is 18.0 Å². The normalized spacial score (nSPS) is 16.7. The predicted octanol–water partition coefficient (Wildman–Crippen LogP) is 2.65. The molecule has 0 saturated carbocycles. The molecule has 0 spiro atoms. The molecule has 4 aromatic rings. The molecule has 0 unspecified atom stereocenters. The first-order chi connectivity index (χ1) is 14.7. The smallest absolute Gasteiger partial charge is 0.348 e. The molecular weight excluding hydrogens is 437 g/mol. The van der Waals surface area contributed by atoms with Gasteiger partial charge in [0, 0.05) is 25.7 Å². The van der Waals surface area contributed by atoms with Crippen LogP contribution in [-0.2, 0) is 19.6 Å². The van der Waals surface area contributed by atoms with Crippen LogP contribution in [-0.4, -0.2) is 51.7 Å². The Labute approximate surface area is 177 Å². The first-order valence-electron chi connectivity index (χ1n) is 9.19. The Morgan fingerprint density at radius 2 is 2.10 bits per heavy atom. The van der Waals surface area contributed by atoms with Crippen LogP contribution in [0, 0.1) is 0 Å². The number of hydrogen-bond acceptors (Lipinski definition) is 5. The highest BCUT2D eigenvalue weighted by molar-refractivity contribution is 6.28. The van der Waals surface area contributed by atoms with Crippen molar-refractivity contribution in [2.24, 2.45) is 7.05 Å². The number of H-pyrrole nitrogens is 1. The number of hydrogen-bond donors (Lipinski definition) is 1.